The number of benzene rings is 1. The molecule has 10 heteroatoms. The van der Waals surface area contributed by atoms with Gasteiger partial charge in [0.1, 0.15) is 30.4 Å². The minimum absolute atomic E-state index is 0.0265. The first kappa shape index (κ1) is 15.9. The summed E-state index contributed by atoms with van der Waals surface area (Å²) in [5.74, 6) is -0.238. The minimum Gasteiger partial charge on any atom is -0.494 e. The van der Waals surface area contributed by atoms with Crippen LogP contribution in [-0.4, -0.2) is 32.2 Å². The zero-order chi connectivity index (χ0) is 16.8. The quantitative estimate of drug-likeness (QED) is 0.622. The lowest BCUT2D eigenvalue weighted by Crippen LogP contribution is -2.19. The first-order valence-corrected chi connectivity index (χ1v) is 6.54. The average Bonchev–Trinajstić information content (AvgIpc) is 2.95. The summed E-state index contributed by atoms with van der Waals surface area (Å²) in [5.41, 5.74) is -0.247. The van der Waals surface area contributed by atoms with Gasteiger partial charge < -0.3 is 10.1 Å². The predicted octanol–water partition coefficient (Wildman–Crippen LogP) is 1.10. The molecule has 0 aliphatic carbocycles. The number of amides is 1. The van der Waals surface area contributed by atoms with Crippen molar-refractivity contribution in [3.05, 3.63) is 40.5 Å². The van der Waals surface area contributed by atoms with Gasteiger partial charge in [-0.2, -0.15) is 5.26 Å². The topological polar surface area (TPSA) is 136 Å². The van der Waals surface area contributed by atoms with Crippen molar-refractivity contribution in [3.63, 3.8) is 0 Å². The van der Waals surface area contributed by atoms with Crippen LogP contribution < -0.4 is 10.1 Å². The SMILES string of the molecule is CCOc1ccc(NC(=O)Cn2cnnc2C#N)c([N+](=O)[O-])c1. The normalized spacial score (nSPS) is 9.91. The number of hydrogen-bond donors (Lipinski definition) is 1. The lowest BCUT2D eigenvalue weighted by atomic mass is 10.2. The molecule has 1 heterocycles. The summed E-state index contributed by atoms with van der Waals surface area (Å²) >= 11 is 0. The van der Waals surface area contributed by atoms with E-state index < -0.39 is 10.8 Å². The highest BCUT2D eigenvalue weighted by Gasteiger charge is 2.18. The number of nitro benzene ring substituents is 1. The van der Waals surface area contributed by atoms with E-state index in [1.54, 1.807) is 13.0 Å². The highest BCUT2D eigenvalue weighted by Crippen LogP contribution is 2.29. The van der Waals surface area contributed by atoms with Crippen LogP contribution >= 0.6 is 0 Å². The first-order chi connectivity index (χ1) is 11.0. The lowest BCUT2D eigenvalue weighted by molar-refractivity contribution is -0.384. The predicted molar refractivity (Wildman–Crippen MR) is 77.6 cm³/mol. The maximum atomic E-state index is 12.0. The van der Waals surface area contributed by atoms with E-state index in [0.29, 0.717) is 12.4 Å². The summed E-state index contributed by atoms with van der Waals surface area (Å²) in [4.78, 5) is 22.5. The van der Waals surface area contributed by atoms with Crippen molar-refractivity contribution in [1.29, 1.82) is 5.26 Å². The van der Waals surface area contributed by atoms with Gasteiger partial charge in [-0.1, -0.05) is 0 Å². The van der Waals surface area contributed by atoms with Crippen molar-refractivity contribution in [2.45, 2.75) is 13.5 Å². The Balaban J connectivity index is 2.17. The van der Waals surface area contributed by atoms with E-state index in [4.69, 9.17) is 10.00 Å². The number of carbonyl (C=O) groups excluding carboxylic acids is 1. The zero-order valence-electron chi connectivity index (χ0n) is 12.1. The van der Waals surface area contributed by atoms with Crippen LogP contribution in [0.15, 0.2) is 24.5 Å². The van der Waals surface area contributed by atoms with Crippen LogP contribution in [-0.2, 0) is 11.3 Å². The molecule has 0 saturated heterocycles. The fourth-order valence-corrected chi connectivity index (χ4v) is 1.83. The molecule has 0 spiro atoms. The fourth-order valence-electron chi connectivity index (χ4n) is 1.83. The third-order valence-electron chi connectivity index (χ3n) is 2.78. The van der Waals surface area contributed by atoms with Gasteiger partial charge in [0.05, 0.1) is 17.6 Å². The molecule has 0 aliphatic heterocycles. The largest absolute Gasteiger partial charge is 0.494 e. The van der Waals surface area contributed by atoms with Gasteiger partial charge >= 0.3 is 0 Å². The number of rotatable bonds is 6. The van der Waals surface area contributed by atoms with Gasteiger partial charge in [0.2, 0.25) is 11.7 Å². The second kappa shape index (κ2) is 6.99. The molecule has 23 heavy (non-hydrogen) atoms. The van der Waals surface area contributed by atoms with Crippen LogP contribution in [0.4, 0.5) is 11.4 Å². The molecule has 0 atom stereocenters. The molecule has 0 fully saturated rings. The molecule has 1 amide bonds. The van der Waals surface area contributed by atoms with Crippen molar-refractivity contribution in [1.82, 2.24) is 14.8 Å². The van der Waals surface area contributed by atoms with Gasteiger partial charge in [-0.3, -0.25) is 19.5 Å². The summed E-state index contributed by atoms with van der Waals surface area (Å²) in [7, 11) is 0. The second-order valence-corrected chi connectivity index (χ2v) is 4.31. The summed E-state index contributed by atoms with van der Waals surface area (Å²) in [6.45, 7) is 1.89. The van der Waals surface area contributed by atoms with Crippen LogP contribution in [0.3, 0.4) is 0 Å². The van der Waals surface area contributed by atoms with Gasteiger partial charge in [-0.05, 0) is 19.1 Å². The summed E-state index contributed by atoms with van der Waals surface area (Å²) < 4.78 is 6.43. The van der Waals surface area contributed by atoms with Crippen molar-refractivity contribution >= 4 is 17.3 Å². The third-order valence-corrected chi connectivity index (χ3v) is 2.78. The Morgan fingerprint density at radius 3 is 3.00 bits per heavy atom. The minimum atomic E-state index is -0.613. The van der Waals surface area contributed by atoms with Crippen LogP contribution in [0, 0.1) is 21.4 Å². The number of ether oxygens (including phenoxy) is 1. The molecule has 0 unspecified atom stereocenters. The van der Waals surface area contributed by atoms with E-state index in [9.17, 15) is 14.9 Å². The summed E-state index contributed by atoms with van der Waals surface area (Å²) in [6, 6.07) is 5.92. The molecule has 2 aromatic rings. The number of anilines is 1. The number of nitrogens with one attached hydrogen (secondary N) is 1. The fraction of sp³-hybridized carbons (Fsp3) is 0.231. The van der Waals surface area contributed by atoms with Crippen LogP contribution in [0.25, 0.3) is 0 Å². The summed E-state index contributed by atoms with van der Waals surface area (Å²) in [5, 5.41) is 29.4. The average molecular weight is 316 g/mol. The maximum absolute atomic E-state index is 12.0. The van der Waals surface area contributed by atoms with Crippen molar-refractivity contribution in [2.24, 2.45) is 0 Å². The molecule has 10 nitrogen and oxygen atoms in total. The number of carbonyl (C=O) groups is 1. The monoisotopic (exact) mass is 316 g/mol. The smallest absolute Gasteiger partial charge is 0.296 e. The molecule has 0 bridgehead atoms. The van der Waals surface area contributed by atoms with Crippen LogP contribution in [0.2, 0.25) is 0 Å². The van der Waals surface area contributed by atoms with E-state index >= 15 is 0 Å². The molecule has 118 valence electrons. The van der Waals surface area contributed by atoms with Gasteiger partial charge in [-0.25, -0.2) is 0 Å². The number of nitriles is 1. The van der Waals surface area contributed by atoms with Gasteiger partial charge in [-0.15, -0.1) is 10.2 Å². The van der Waals surface area contributed by atoms with E-state index in [-0.39, 0.29) is 23.7 Å². The maximum Gasteiger partial charge on any atom is 0.296 e. The lowest BCUT2D eigenvalue weighted by Gasteiger charge is -2.08. The van der Waals surface area contributed by atoms with Crippen LogP contribution in [0.5, 0.6) is 5.75 Å². The molecular weight excluding hydrogens is 304 g/mol. The highest BCUT2D eigenvalue weighted by molar-refractivity contribution is 5.93. The molecule has 2 rings (SSSR count). The number of nitro groups is 1. The Hall–Kier alpha value is -3.48. The Bertz CT molecular complexity index is 779. The number of hydrogen-bond acceptors (Lipinski definition) is 7. The highest BCUT2D eigenvalue weighted by atomic mass is 16.6. The Labute approximate surface area is 130 Å². The second-order valence-electron chi connectivity index (χ2n) is 4.31. The van der Waals surface area contributed by atoms with Crippen molar-refractivity contribution in [2.75, 3.05) is 11.9 Å². The molecule has 0 radical (unpaired) electrons. The molecular formula is C13H12N6O4. The van der Waals surface area contributed by atoms with E-state index in [0.717, 1.165) is 0 Å². The molecule has 1 aromatic carbocycles. The molecule has 0 aliphatic rings. The standard InChI is InChI=1S/C13H12N6O4/c1-2-23-9-3-4-10(11(5-9)19(21)22)16-13(20)7-18-8-15-17-12(18)6-14/h3-5,8H,2,7H2,1H3,(H,16,20). The van der Waals surface area contributed by atoms with Crippen molar-refractivity contribution < 1.29 is 14.5 Å². The third kappa shape index (κ3) is 3.79. The van der Waals surface area contributed by atoms with E-state index in [2.05, 4.69) is 15.5 Å². The number of aromatic nitrogens is 3. The van der Waals surface area contributed by atoms with Gasteiger partial charge in [0, 0.05) is 0 Å². The van der Waals surface area contributed by atoms with Crippen molar-refractivity contribution in [3.8, 4) is 11.8 Å². The Morgan fingerprint density at radius 2 is 2.35 bits per heavy atom. The molecule has 1 N–H and O–H groups in total. The molecule has 1 aromatic heterocycles. The van der Waals surface area contributed by atoms with Crippen LogP contribution in [0.1, 0.15) is 12.7 Å². The first-order valence-electron chi connectivity index (χ1n) is 6.54. The van der Waals surface area contributed by atoms with Gasteiger partial charge in [0.15, 0.2) is 0 Å². The van der Waals surface area contributed by atoms with Gasteiger partial charge in [0.25, 0.3) is 5.69 Å². The Morgan fingerprint density at radius 1 is 1.57 bits per heavy atom. The number of nitrogens with zero attached hydrogens (tertiary/aromatic N) is 5. The summed E-state index contributed by atoms with van der Waals surface area (Å²) in [6.07, 6.45) is 1.23. The Kier molecular flexibility index (Phi) is 4.83. The zero-order valence-corrected chi connectivity index (χ0v) is 12.1. The molecule has 0 saturated carbocycles. The van der Waals surface area contributed by atoms with E-state index in [1.807, 2.05) is 0 Å². The van der Waals surface area contributed by atoms with E-state index in [1.165, 1.54) is 29.1 Å².